The first-order chi connectivity index (χ1) is 22.5. The van der Waals surface area contributed by atoms with E-state index in [0.29, 0.717) is 45.0 Å². The van der Waals surface area contributed by atoms with E-state index in [1.807, 2.05) is 42.5 Å². The average Bonchev–Trinajstić information content (AvgIpc) is 3.52. The predicted molar refractivity (Wildman–Crippen MR) is 175 cm³/mol. The Hall–Kier alpha value is -6.29. The van der Waals surface area contributed by atoms with Gasteiger partial charge in [-0.25, -0.2) is 9.37 Å². The number of halogens is 1. The highest BCUT2D eigenvalue weighted by Crippen LogP contribution is 2.33. The number of nitrogens with zero attached hydrogens (tertiary/aromatic N) is 3. The second-order valence-electron chi connectivity index (χ2n) is 10.3. The number of furan rings is 1. The molecule has 10 heteroatoms. The summed E-state index contributed by atoms with van der Waals surface area (Å²) in [5.41, 5.74) is 1.50. The Balaban J connectivity index is 1.31. The van der Waals surface area contributed by atoms with Gasteiger partial charge in [-0.3, -0.25) is 9.59 Å². The van der Waals surface area contributed by atoms with Crippen LogP contribution in [0.15, 0.2) is 124 Å². The zero-order chi connectivity index (χ0) is 31.6. The zero-order valence-corrected chi connectivity index (χ0v) is 24.4. The number of rotatable bonds is 8. The summed E-state index contributed by atoms with van der Waals surface area (Å²) in [6.45, 7) is -0.348. The Morgan fingerprint density at radius 3 is 2.57 bits per heavy atom. The minimum absolute atomic E-state index is 0.190. The quantitative estimate of drug-likeness (QED) is 0.185. The van der Waals surface area contributed by atoms with Crippen LogP contribution in [-0.4, -0.2) is 35.5 Å². The molecule has 7 rings (SSSR count). The van der Waals surface area contributed by atoms with Crippen LogP contribution in [0.3, 0.4) is 0 Å². The average molecular weight is 613 g/mol. The van der Waals surface area contributed by atoms with Crippen molar-refractivity contribution in [3.8, 4) is 23.1 Å². The molecule has 0 radical (unpaired) electrons. The Bertz CT molecular complexity index is 2360. The van der Waals surface area contributed by atoms with Crippen LogP contribution in [0.5, 0.6) is 11.5 Å². The van der Waals surface area contributed by atoms with Crippen LogP contribution in [0.25, 0.3) is 44.2 Å². The Morgan fingerprint density at radius 2 is 1.72 bits per heavy atom. The Kier molecular flexibility index (Phi) is 7.43. The molecule has 0 atom stereocenters. The molecule has 0 saturated heterocycles. The third kappa shape index (κ3) is 5.43. The van der Waals surface area contributed by atoms with Gasteiger partial charge in [0, 0.05) is 11.3 Å². The van der Waals surface area contributed by atoms with Crippen molar-refractivity contribution in [2.75, 3.05) is 19.0 Å². The molecular weight excluding hydrogens is 587 g/mol. The maximum Gasteiger partial charge on any atom is 0.282 e. The molecule has 1 N–H and O–H groups in total. The molecule has 0 fully saturated rings. The van der Waals surface area contributed by atoms with Gasteiger partial charge in [-0.2, -0.15) is 9.78 Å². The van der Waals surface area contributed by atoms with Crippen LogP contribution < -0.4 is 20.3 Å². The van der Waals surface area contributed by atoms with Crippen LogP contribution in [0.1, 0.15) is 5.56 Å². The van der Waals surface area contributed by atoms with Crippen molar-refractivity contribution in [3.63, 3.8) is 0 Å². The lowest BCUT2D eigenvalue weighted by Crippen LogP contribution is -2.21. The number of amides is 1. The van der Waals surface area contributed by atoms with Crippen LogP contribution in [-0.2, 0) is 4.79 Å². The van der Waals surface area contributed by atoms with E-state index in [1.165, 1.54) is 29.1 Å². The number of fused-ring (bicyclic) bond motifs is 3. The second-order valence-corrected chi connectivity index (χ2v) is 10.3. The topological polar surface area (TPSA) is 108 Å². The molecule has 226 valence electrons. The molecule has 5 aromatic carbocycles. The van der Waals surface area contributed by atoms with Crippen LogP contribution >= 0.6 is 0 Å². The van der Waals surface area contributed by atoms with Gasteiger partial charge in [0.25, 0.3) is 11.5 Å². The molecule has 9 nitrogen and oxygen atoms in total. The summed E-state index contributed by atoms with van der Waals surface area (Å²) in [4.78, 5) is 31.3. The normalized spacial score (nSPS) is 11.4. The number of para-hydroxylation sites is 1. The summed E-state index contributed by atoms with van der Waals surface area (Å²) in [7, 11) is 1.57. The summed E-state index contributed by atoms with van der Waals surface area (Å²) < 4.78 is 32.4. The fourth-order valence-electron chi connectivity index (χ4n) is 5.27. The summed E-state index contributed by atoms with van der Waals surface area (Å²) >= 11 is 0. The smallest absolute Gasteiger partial charge is 0.282 e. The number of benzene rings is 5. The molecule has 0 spiro atoms. The highest BCUT2D eigenvalue weighted by molar-refractivity contribution is 6.03. The minimum Gasteiger partial charge on any atom is -0.496 e. The van der Waals surface area contributed by atoms with Crippen molar-refractivity contribution in [2.45, 2.75) is 0 Å². The number of ether oxygens (including phenoxy) is 2. The van der Waals surface area contributed by atoms with Crippen molar-refractivity contribution >= 4 is 50.5 Å². The Morgan fingerprint density at radius 1 is 0.913 bits per heavy atom. The summed E-state index contributed by atoms with van der Waals surface area (Å²) in [6.07, 6.45) is 1.51. The standard InChI is InChI=1S/C36H25FN4O5/c1-44-30-14-7-15-32-27(30)19-33(46-32)35-40-29-13-5-4-12-26(29)36(43)41(35)38-20-28-25-11-3-2-8-22(25)16-17-31(28)45-21-34(42)39-24-10-6-9-23(37)18-24/h2-20H,21H2,1H3,(H,39,42). The first-order valence-electron chi connectivity index (χ1n) is 14.3. The number of hydrogen-bond donors (Lipinski definition) is 1. The summed E-state index contributed by atoms with van der Waals surface area (Å²) in [6, 6.07) is 31.0. The van der Waals surface area contributed by atoms with Crippen molar-refractivity contribution in [3.05, 3.63) is 131 Å². The third-order valence-corrected chi connectivity index (χ3v) is 7.42. The molecule has 7 aromatic rings. The van der Waals surface area contributed by atoms with E-state index in [1.54, 1.807) is 55.6 Å². The van der Waals surface area contributed by atoms with Crippen LogP contribution in [0.4, 0.5) is 10.1 Å². The highest BCUT2D eigenvalue weighted by atomic mass is 19.1. The van der Waals surface area contributed by atoms with Gasteiger partial charge in [0.2, 0.25) is 5.82 Å². The van der Waals surface area contributed by atoms with E-state index in [4.69, 9.17) is 18.9 Å². The third-order valence-electron chi connectivity index (χ3n) is 7.42. The van der Waals surface area contributed by atoms with E-state index in [-0.39, 0.29) is 12.4 Å². The van der Waals surface area contributed by atoms with Gasteiger partial charge in [-0.1, -0.05) is 54.6 Å². The summed E-state index contributed by atoms with van der Waals surface area (Å²) in [5, 5.41) is 10.0. The van der Waals surface area contributed by atoms with Gasteiger partial charge in [0.15, 0.2) is 12.4 Å². The molecule has 0 aliphatic rings. The molecule has 46 heavy (non-hydrogen) atoms. The highest BCUT2D eigenvalue weighted by Gasteiger charge is 2.18. The zero-order valence-electron chi connectivity index (χ0n) is 24.4. The number of nitrogens with one attached hydrogen (secondary N) is 1. The van der Waals surface area contributed by atoms with Gasteiger partial charge >= 0.3 is 0 Å². The lowest BCUT2D eigenvalue weighted by molar-refractivity contribution is -0.118. The van der Waals surface area contributed by atoms with Crippen molar-refractivity contribution in [1.29, 1.82) is 0 Å². The predicted octanol–water partition coefficient (Wildman–Crippen LogP) is 7.01. The molecule has 0 bridgehead atoms. The van der Waals surface area contributed by atoms with Crippen LogP contribution in [0.2, 0.25) is 0 Å². The van der Waals surface area contributed by atoms with E-state index < -0.39 is 17.3 Å². The van der Waals surface area contributed by atoms with Gasteiger partial charge in [-0.15, -0.1) is 0 Å². The number of carbonyl (C=O) groups excluding carboxylic acids is 1. The minimum atomic E-state index is -0.473. The molecule has 1 amide bonds. The number of methoxy groups -OCH3 is 1. The molecule has 2 aromatic heterocycles. The van der Waals surface area contributed by atoms with Gasteiger partial charge in [-0.05, 0) is 65.4 Å². The monoisotopic (exact) mass is 612 g/mol. The maximum absolute atomic E-state index is 13.9. The van der Waals surface area contributed by atoms with E-state index >= 15 is 0 Å². The largest absolute Gasteiger partial charge is 0.496 e. The SMILES string of the molecule is COc1cccc2oc(-c3nc4ccccc4c(=O)n3N=Cc3c(OCC(=O)Nc4cccc(F)c4)ccc4ccccc34)cc12. The molecule has 0 unspecified atom stereocenters. The van der Waals surface area contributed by atoms with Gasteiger partial charge < -0.3 is 19.2 Å². The van der Waals surface area contributed by atoms with E-state index in [0.717, 1.165) is 16.2 Å². The first kappa shape index (κ1) is 28.5. The lowest BCUT2D eigenvalue weighted by Gasteiger charge is -2.12. The number of anilines is 1. The molecule has 0 saturated carbocycles. The van der Waals surface area contributed by atoms with Crippen LogP contribution in [0, 0.1) is 5.82 Å². The second kappa shape index (κ2) is 12.0. The van der Waals surface area contributed by atoms with Crippen molar-refractivity contribution < 1.29 is 23.1 Å². The molecule has 0 aliphatic carbocycles. The van der Waals surface area contributed by atoms with Gasteiger partial charge in [0.05, 0.1) is 29.6 Å². The molecule has 2 heterocycles. The Labute approximate surface area is 261 Å². The molecule has 0 aliphatic heterocycles. The number of aromatic nitrogens is 2. The summed E-state index contributed by atoms with van der Waals surface area (Å²) in [5.74, 6) is 0.544. The fourth-order valence-corrected chi connectivity index (χ4v) is 5.27. The van der Waals surface area contributed by atoms with E-state index in [9.17, 15) is 14.0 Å². The van der Waals surface area contributed by atoms with E-state index in [2.05, 4.69) is 10.4 Å². The number of hydrogen-bond acceptors (Lipinski definition) is 7. The molecular formula is C36H25FN4O5. The van der Waals surface area contributed by atoms with Gasteiger partial charge in [0.1, 0.15) is 22.9 Å². The first-order valence-corrected chi connectivity index (χ1v) is 14.3. The lowest BCUT2D eigenvalue weighted by atomic mass is 10.0. The maximum atomic E-state index is 13.9. The fraction of sp³-hybridized carbons (Fsp3) is 0.0556. The number of carbonyl (C=O) groups is 1. The van der Waals surface area contributed by atoms with Crippen molar-refractivity contribution in [2.24, 2.45) is 5.10 Å². The van der Waals surface area contributed by atoms with Crippen molar-refractivity contribution in [1.82, 2.24) is 9.66 Å².